The number of aryl methyl sites for hydroxylation is 1. The zero-order chi connectivity index (χ0) is 14.7. The molecule has 3 nitrogen and oxygen atoms in total. The fraction of sp³-hybridized carbons (Fsp3) is 0.250. The summed E-state index contributed by atoms with van der Waals surface area (Å²) in [6, 6.07) is 12.1. The summed E-state index contributed by atoms with van der Waals surface area (Å²) in [6.45, 7) is 3.95. The maximum absolute atomic E-state index is 13.1. The Balaban J connectivity index is 2.20. The SMILES string of the molecule is Cc1ccc(C(C)N(C)C(=O)c2cccc(F)n2)cc1. The normalized spacial score (nSPS) is 12.0. The van der Waals surface area contributed by atoms with Crippen molar-refractivity contribution in [3.8, 4) is 0 Å². The lowest BCUT2D eigenvalue weighted by Crippen LogP contribution is -2.30. The van der Waals surface area contributed by atoms with Crippen molar-refractivity contribution in [3.63, 3.8) is 0 Å². The Hall–Kier alpha value is -2.23. The second-order valence-corrected chi connectivity index (χ2v) is 4.85. The van der Waals surface area contributed by atoms with Gasteiger partial charge in [-0.3, -0.25) is 4.79 Å². The van der Waals surface area contributed by atoms with E-state index in [1.54, 1.807) is 11.9 Å². The Kier molecular flexibility index (Phi) is 4.13. The zero-order valence-corrected chi connectivity index (χ0v) is 11.8. The average Bonchev–Trinajstić information content (AvgIpc) is 2.46. The lowest BCUT2D eigenvalue weighted by Gasteiger charge is -2.25. The van der Waals surface area contributed by atoms with Gasteiger partial charge in [0.05, 0.1) is 6.04 Å². The second kappa shape index (κ2) is 5.82. The number of rotatable bonds is 3. The van der Waals surface area contributed by atoms with E-state index in [9.17, 15) is 9.18 Å². The summed E-state index contributed by atoms with van der Waals surface area (Å²) in [7, 11) is 1.69. The van der Waals surface area contributed by atoms with Gasteiger partial charge in [-0.1, -0.05) is 35.9 Å². The van der Waals surface area contributed by atoms with Gasteiger partial charge in [0, 0.05) is 7.05 Å². The molecule has 4 heteroatoms. The third kappa shape index (κ3) is 3.02. The fourth-order valence-electron chi connectivity index (χ4n) is 1.95. The van der Waals surface area contributed by atoms with Gasteiger partial charge in [0.1, 0.15) is 5.69 Å². The van der Waals surface area contributed by atoms with E-state index in [1.165, 1.54) is 23.8 Å². The van der Waals surface area contributed by atoms with Gasteiger partial charge in [0.25, 0.3) is 5.91 Å². The number of carbonyl (C=O) groups is 1. The van der Waals surface area contributed by atoms with Crippen LogP contribution in [0.25, 0.3) is 0 Å². The van der Waals surface area contributed by atoms with Crippen LogP contribution in [0.4, 0.5) is 4.39 Å². The monoisotopic (exact) mass is 272 g/mol. The molecular formula is C16H17FN2O. The Morgan fingerprint density at radius 3 is 2.45 bits per heavy atom. The van der Waals surface area contributed by atoms with Crippen LogP contribution in [0.3, 0.4) is 0 Å². The zero-order valence-electron chi connectivity index (χ0n) is 11.8. The molecule has 1 unspecified atom stereocenters. The number of nitrogens with zero attached hydrogens (tertiary/aromatic N) is 2. The van der Waals surface area contributed by atoms with Crippen molar-refractivity contribution in [2.24, 2.45) is 0 Å². The standard InChI is InChI=1S/C16H17FN2O/c1-11-7-9-13(10-8-11)12(2)19(3)16(20)14-5-4-6-15(17)18-14/h4-10,12H,1-3H3. The predicted octanol–water partition coefficient (Wildman–Crippen LogP) is 3.36. The van der Waals surface area contributed by atoms with Crippen LogP contribution in [-0.2, 0) is 0 Å². The second-order valence-electron chi connectivity index (χ2n) is 4.85. The number of aromatic nitrogens is 1. The number of halogens is 1. The number of amides is 1. The molecular weight excluding hydrogens is 255 g/mol. The third-order valence-corrected chi connectivity index (χ3v) is 3.40. The lowest BCUT2D eigenvalue weighted by molar-refractivity contribution is 0.0735. The maximum atomic E-state index is 13.1. The van der Waals surface area contributed by atoms with Crippen molar-refractivity contribution < 1.29 is 9.18 Å². The van der Waals surface area contributed by atoms with Crippen LogP contribution in [0, 0.1) is 12.9 Å². The molecule has 0 spiro atoms. The minimum Gasteiger partial charge on any atom is -0.334 e. The van der Waals surface area contributed by atoms with Crippen LogP contribution in [-0.4, -0.2) is 22.8 Å². The Labute approximate surface area is 118 Å². The molecule has 2 aromatic rings. The van der Waals surface area contributed by atoms with Crippen LogP contribution >= 0.6 is 0 Å². The summed E-state index contributed by atoms with van der Waals surface area (Å²) >= 11 is 0. The minimum atomic E-state index is -0.646. The predicted molar refractivity (Wildman–Crippen MR) is 75.9 cm³/mol. The molecule has 1 amide bonds. The van der Waals surface area contributed by atoms with E-state index in [2.05, 4.69) is 4.98 Å². The molecule has 2 rings (SSSR count). The molecule has 20 heavy (non-hydrogen) atoms. The van der Waals surface area contributed by atoms with Gasteiger partial charge in [0.15, 0.2) is 0 Å². The summed E-state index contributed by atoms with van der Waals surface area (Å²) in [5, 5.41) is 0. The van der Waals surface area contributed by atoms with E-state index < -0.39 is 5.95 Å². The van der Waals surface area contributed by atoms with E-state index in [-0.39, 0.29) is 17.6 Å². The van der Waals surface area contributed by atoms with Crippen LogP contribution in [0.2, 0.25) is 0 Å². The van der Waals surface area contributed by atoms with E-state index in [0.29, 0.717) is 0 Å². The summed E-state index contributed by atoms with van der Waals surface area (Å²) < 4.78 is 13.1. The smallest absolute Gasteiger partial charge is 0.272 e. The molecule has 0 N–H and O–H groups in total. The fourth-order valence-corrected chi connectivity index (χ4v) is 1.95. The molecule has 0 fully saturated rings. The van der Waals surface area contributed by atoms with Gasteiger partial charge in [-0.25, -0.2) is 4.98 Å². The Morgan fingerprint density at radius 1 is 1.20 bits per heavy atom. The van der Waals surface area contributed by atoms with Crippen molar-refractivity contribution in [2.45, 2.75) is 19.9 Å². The van der Waals surface area contributed by atoms with E-state index >= 15 is 0 Å². The number of hydrogen-bond acceptors (Lipinski definition) is 2. The van der Waals surface area contributed by atoms with Crippen molar-refractivity contribution in [1.29, 1.82) is 0 Å². The molecule has 104 valence electrons. The lowest BCUT2D eigenvalue weighted by atomic mass is 10.1. The van der Waals surface area contributed by atoms with Crippen molar-refractivity contribution in [3.05, 3.63) is 65.2 Å². The summed E-state index contributed by atoms with van der Waals surface area (Å²) in [5.41, 5.74) is 2.32. The molecule has 0 radical (unpaired) electrons. The first-order valence-corrected chi connectivity index (χ1v) is 6.45. The van der Waals surface area contributed by atoms with E-state index in [0.717, 1.165) is 5.56 Å². The molecule has 0 saturated heterocycles. The summed E-state index contributed by atoms with van der Waals surface area (Å²) in [5.74, 6) is -0.940. The quantitative estimate of drug-likeness (QED) is 0.803. The number of benzene rings is 1. The van der Waals surface area contributed by atoms with Crippen molar-refractivity contribution >= 4 is 5.91 Å². The third-order valence-electron chi connectivity index (χ3n) is 3.40. The first-order valence-electron chi connectivity index (χ1n) is 6.45. The van der Waals surface area contributed by atoms with Gasteiger partial charge < -0.3 is 4.90 Å². The van der Waals surface area contributed by atoms with Gasteiger partial charge in [0.2, 0.25) is 5.95 Å². The van der Waals surface area contributed by atoms with Gasteiger partial charge in [-0.2, -0.15) is 4.39 Å². The molecule has 1 aromatic heterocycles. The molecule has 1 aromatic carbocycles. The Morgan fingerprint density at radius 2 is 1.85 bits per heavy atom. The van der Waals surface area contributed by atoms with Gasteiger partial charge in [-0.15, -0.1) is 0 Å². The summed E-state index contributed by atoms with van der Waals surface area (Å²) in [4.78, 5) is 17.5. The van der Waals surface area contributed by atoms with Gasteiger partial charge in [-0.05, 0) is 31.5 Å². The van der Waals surface area contributed by atoms with E-state index in [4.69, 9.17) is 0 Å². The maximum Gasteiger partial charge on any atom is 0.272 e. The first kappa shape index (κ1) is 14.2. The highest BCUT2D eigenvalue weighted by atomic mass is 19.1. The Bertz CT molecular complexity index is 610. The minimum absolute atomic E-state index is 0.104. The molecule has 0 aliphatic carbocycles. The molecule has 0 saturated carbocycles. The highest BCUT2D eigenvalue weighted by Gasteiger charge is 2.20. The van der Waals surface area contributed by atoms with Crippen molar-refractivity contribution in [1.82, 2.24) is 9.88 Å². The van der Waals surface area contributed by atoms with Crippen LogP contribution in [0.5, 0.6) is 0 Å². The van der Waals surface area contributed by atoms with Crippen LogP contribution in [0.1, 0.15) is 34.6 Å². The molecule has 0 aliphatic rings. The van der Waals surface area contributed by atoms with Gasteiger partial charge >= 0.3 is 0 Å². The summed E-state index contributed by atoms with van der Waals surface area (Å²) in [6.07, 6.45) is 0. The molecule has 1 atom stereocenters. The number of pyridine rings is 1. The highest BCUT2D eigenvalue weighted by Crippen LogP contribution is 2.20. The first-order chi connectivity index (χ1) is 9.49. The molecule has 0 bridgehead atoms. The van der Waals surface area contributed by atoms with Crippen LogP contribution < -0.4 is 0 Å². The largest absolute Gasteiger partial charge is 0.334 e. The highest BCUT2D eigenvalue weighted by molar-refractivity contribution is 5.92. The van der Waals surface area contributed by atoms with Crippen LogP contribution in [0.15, 0.2) is 42.5 Å². The van der Waals surface area contributed by atoms with E-state index in [1.807, 2.05) is 38.1 Å². The molecule has 1 heterocycles. The number of carbonyl (C=O) groups excluding carboxylic acids is 1. The van der Waals surface area contributed by atoms with Crippen molar-refractivity contribution in [2.75, 3.05) is 7.05 Å². The number of hydrogen-bond donors (Lipinski definition) is 0. The topological polar surface area (TPSA) is 33.2 Å². The molecule has 0 aliphatic heterocycles. The average molecular weight is 272 g/mol.